The first kappa shape index (κ1) is 15.0. The van der Waals surface area contributed by atoms with E-state index in [0.29, 0.717) is 13.1 Å². The molecule has 0 radical (unpaired) electrons. The van der Waals surface area contributed by atoms with Crippen molar-refractivity contribution in [3.8, 4) is 0 Å². The minimum atomic E-state index is -0.224. The number of hydrogen-bond donors (Lipinski definition) is 2. The molecule has 1 rings (SSSR count). The highest BCUT2D eigenvalue weighted by atomic mass is 16.5. The predicted octanol–water partition coefficient (Wildman–Crippen LogP) is 0.978. The quantitative estimate of drug-likeness (QED) is 0.502. The van der Waals surface area contributed by atoms with Gasteiger partial charge in [-0.25, -0.2) is 0 Å². The van der Waals surface area contributed by atoms with E-state index >= 15 is 0 Å². The topological polar surface area (TPSA) is 67.4 Å². The van der Waals surface area contributed by atoms with Crippen molar-refractivity contribution in [2.24, 2.45) is 0 Å². The van der Waals surface area contributed by atoms with Gasteiger partial charge in [-0.1, -0.05) is 19.8 Å². The van der Waals surface area contributed by atoms with Crippen LogP contribution in [0.5, 0.6) is 0 Å². The molecular weight excluding hydrogens is 232 g/mol. The summed E-state index contributed by atoms with van der Waals surface area (Å²) in [5.41, 5.74) is 0. The molecule has 1 aliphatic heterocycles. The molecule has 1 unspecified atom stereocenters. The highest BCUT2D eigenvalue weighted by Gasteiger charge is 2.16. The molecule has 0 bridgehead atoms. The van der Waals surface area contributed by atoms with Crippen LogP contribution in [0.15, 0.2) is 0 Å². The maximum Gasteiger partial charge on any atom is 0.229 e. The molecule has 1 fully saturated rings. The first-order valence-electron chi connectivity index (χ1n) is 6.87. The summed E-state index contributed by atoms with van der Waals surface area (Å²) < 4.78 is 5.38. The van der Waals surface area contributed by atoms with E-state index in [0.717, 1.165) is 38.7 Å². The summed E-state index contributed by atoms with van der Waals surface area (Å²) in [6.07, 6.45) is 5.28. The van der Waals surface area contributed by atoms with Crippen molar-refractivity contribution in [3.63, 3.8) is 0 Å². The van der Waals surface area contributed by atoms with Crippen molar-refractivity contribution in [3.05, 3.63) is 0 Å². The third-order valence-corrected chi connectivity index (χ3v) is 2.97. The number of carbonyl (C=O) groups is 2. The monoisotopic (exact) mass is 256 g/mol. The van der Waals surface area contributed by atoms with Gasteiger partial charge in [0, 0.05) is 19.7 Å². The summed E-state index contributed by atoms with van der Waals surface area (Å²) in [6, 6.07) is 0. The Kier molecular flexibility index (Phi) is 7.41. The Labute approximate surface area is 109 Å². The van der Waals surface area contributed by atoms with Gasteiger partial charge in [-0.15, -0.1) is 0 Å². The van der Waals surface area contributed by atoms with E-state index in [-0.39, 0.29) is 24.3 Å². The predicted molar refractivity (Wildman–Crippen MR) is 69.1 cm³/mol. The Hall–Kier alpha value is -1.10. The molecule has 0 saturated carbocycles. The van der Waals surface area contributed by atoms with Crippen molar-refractivity contribution >= 4 is 11.8 Å². The van der Waals surface area contributed by atoms with Crippen molar-refractivity contribution in [2.45, 2.75) is 51.6 Å². The maximum atomic E-state index is 11.5. The van der Waals surface area contributed by atoms with Gasteiger partial charge in [0.1, 0.15) is 6.42 Å². The van der Waals surface area contributed by atoms with Crippen LogP contribution in [0.1, 0.15) is 45.4 Å². The van der Waals surface area contributed by atoms with Crippen LogP contribution < -0.4 is 10.6 Å². The first-order valence-corrected chi connectivity index (χ1v) is 6.87. The van der Waals surface area contributed by atoms with Gasteiger partial charge < -0.3 is 15.4 Å². The van der Waals surface area contributed by atoms with Crippen molar-refractivity contribution in [1.82, 2.24) is 10.6 Å². The van der Waals surface area contributed by atoms with Crippen LogP contribution in [0, 0.1) is 0 Å². The van der Waals surface area contributed by atoms with Crippen LogP contribution in [-0.2, 0) is 14.3 Å². The highest BCUT2D eigenvalue weighted by molar-refractivity contribution is 5.96. The zero-order valence-corrected chi connectivity index (χ0v) is 11.2. The Morgan fingerprint density at radius 1 is 1.22 bits per heavy atom. The number of ether oxygens (including phenoxy) is 1. The van der Waals surface area contributed by atoms with E-state index in [9.17, 15) is 9.59 Å². The smallest absolute Gasteiger partial charge is 0.229 e. The molecule has 5 heteroatoms. The molecule has 1 heterocycles. The van der Waals surface area contributed by atoms with Gasteiger partial charge in [-0.05, 0) is 19.3 Å². The first-order chi connectivity index (χ1) is 8.72. The van der Waals surface area contributed by atoms with Gasteiger partial charge in [0.25, 0.3) is 0 Å². The number of carbonyl (C=O) groups excluding carboxylic acids is 2. The Balaban J connectivity index is 2.01. The molecule has 0 spiro atoms. The molecule has 18 heavy (non-hydrogen) atoms. The standard InChI is InChI=1S/C13H24N2O3/c1-2-3-4-7-14-12(16)9-13(17)15-10-11-6-5-8-18-11/h11H,2-10H2,1H3,(H,14,16)(H,15,17). The molecular formula is C13H24N2O3. The molecule has 0 aromatic rings. The Morgan fingerprint density at radius 3 is 2.67 bits per heavy atom. The second-order valence-electron chi connectivity index (χ2n) is 4.67. The minimum Gasteiger partial charge on any atom is -0.376 e. The van der Waals surface area contributed by atoms with E-state index in [4.69, 9.17) is 4.74 Å². The summed E-state index contributed by atoms with van der Waals surface area (Å²) in [5.74, 6) is -0.422. The van der Waals surface area contributed by atoms with Crippen molar-refractivity contribution < 1.29 is 14.3 Å². The summed E-state index contributed by atoms with van der Waals surface area (Å²) in [4.78, 5) is 22.9. The Bertz CT molecular complexity index is 263. The van der Waals surface area contributed by atoms with Crippen LogP contribution in [0.4, 0.5) is 0 Å². The zero-order valence-electron chi connectivity index (χ0n) is 11.2. The van der Waals surface area contributed by atoms with Crippen LogP contribution >= 0.6 is 0 Å². The second-order valence-corrected chi connectivity index (χ2v) is 4.67. The van der Waals surface area contributed by atoms with Gasteiger partial charge in [0.15, 0.2) is 0 Å². The van der Waals surface area contributed by atoms with Crippen molar-refractivity contribution in [1.29, 1.82) is 0 Å². The van der Waals surface area contributed by atoms with Crippen LogP contribution in [-0.4, -0.2) is 37.6 Å². The fourth-order valence-corrected chi connectivity index (χ4v) is 1.91. The van der Waals surface area contributed by atoms with Gasteiger partial charge in [0.2, 0.25) is 11.8 Å². The zero-order chi connectivity index (χ0) is 13.2. The molecule has 1 atom stereocenters. The van der Waals surface area contributed by atoms with E-state index < -0.39 is 0 Å². The Morgan fingerprint density at radius 2 is 2.00 bits per heavy atom. The summed E-state index contributed by atoms with van der Waals surface area (Å²) in [6.45, 7) is 4.06. The summed E-state index contributed by atoms with van der Waals surface area (Å²) in [5, 5.41) is 5.48. The average Bonchev–Trinajstić information content (AvgIpc) is 2.85. The molecule has 2 N–H and O–H groups in total. The minimum absolute atomic E-state index is 0.0845. The normalized spacial score (nSPS) is 18.6. The van der Waals surface area contributed by atoms with E-state index in [1.807, 2.05) is 0 Å². The fraction of sp³-hybridized carbons (Fsp3) is 0.846. The van der Waals surface area contributed by atoms with E-state index in [1.165, 1.54) is 0 Å². The third kappa shape index (κ3) is 6.59. The molecule has 0 aromatic heterocycles. The number of hydrogen-bond acceptors (Lipinski definition) is 3. The van der Waals surface area contributed by atoms with Crippen LogP contribution in [0.3, 0.4) is 0 Å². The molecule has 5 nitrogen and oxygen atoms in total. The highest BCUT2D eigenvalue weighted by Crippen LogP contribution is 2.10. The average molecular weight is 256 g/mol. The van der Waals surface area contributed by atoms with Crippen LogP contribution in [0.2, 0.25) is 0 Å². The largest absolute Gasteiger partial charge is 0.376 e. The fourth-order valence-electron chi connectivity index (χ4n) is 1.91. The van der Waals surface area contributed by atoms with Gasteiger partial charge in [-0.3, -0.25) is 9.59 Å². The molecule has 0 aliphatic carbocycles. The summed E-state index contributed by atoms with van der Waals surface area (Å²) in [7, 11) is 0. The number of unbranched alkanes of at least 4 members (excludes halogenated alkanes) is 2. The molecule has 104 valence electrons. The maximum absolute atomic E-state index is 11.5. The summed E-state index contributed by atoms with van der Waals surface area (Å²) >= 11 is 0. The lowest BCUT2D eigenvalue weighted by Gasteiger charge is -2.10. The number of rotatable bonds is 8. The van der Waals surface area contributed by atoms with E-state index in [2.05, 4.69) is 17.6 Å². The lowest BCUT2D eigenvalue weighted by Crippen LogP contribution is -2.36. The molecule has 2 amide bonds. The van der Waals surface area contributed by atoms with Crippen molar-refractivity contribution in [2.75, 3.05) is 19.7 Å². The molecule has 0 aromatic carbocycles. The van der Waals surface area contributed by atoms with E-state index in [1.54, 1.807) is 0 Å². The van der Waals surface area contributed by atoms with Gasteiger partial charge in [-0.2, -0.15) is 0 Å². The van der Waals surface area contributed by atoms with Gasteiger partial charge >= 0.3 is 0 Å². The molecule has 1 aliphatic rings. The second kappa shape index (κ2) is 8.91. The van der Waals surface area contributed by atoms with Crippen LogP contribution in [0.25, 0.3) is 0 Å². The number of nitrogens with one attached hydrogen (secondary N) is 2. The SMILES string of the molecule is CCCCCNC(=O)CC(=O)NCC1CCCO1. The van der Waals surface area contributed by atoms with Gasteiger partial charge in [0.05, 0.1) is 6.10 Å². The molecule has 1 saturated heterocycles. The lowest BCUT2D eigenvalue weighted by atomic mass is 10.2. The third-order valence-electron chi connectivity index (χ3n) is 2.97. The lowest BCUT2D eigenvalue weighted by molar-refractivity contribution is -0.129. The number of amides is 2.